The van der Waals surface area contributed by atoms with Crippen LogP contribution in [0.1, 0.15) is 26.2 Å². The molecule has 4 heteroatoms. The number of rotatable bonds is 5. The third-order valence-corrected chi connectivity index (χ3v) is 2.58. The maximum Gasteiger partial charge on any atom is 0.221 e. The van der Waals surface area contributed by atoms with Gasteiger partial charge >= 0.3 is 0 Å². The molecule has 0 aromatic carbocycles. The molecule has 0 aromatic heterocycles. The van der Waals surface area contributed by atoms with Crippen LogP contribution in [0.15, 0.2) is 0 Å². The molecule has 2 unspecified atom stereocenters. The minimum atomic E-state index is -0.248. The van der Waals surface area contributed by atoms with Gasteiger partial charge in [0.15, 0.2) is 0 Å². The lowest BCUT2D eigenvalue weighted by molar-refractivity contribution is -0.121. The molecule has 1 heterocycles. The molecule has 82 valence electrons. The molecule has 3 N–H and O–H groups in total. The molecular formula is C10H20N2O2. The van der Waals surface area contributed by atoms with E-state index >= 15 is 0 Å². The highest BCUT2D eigenvalue weighted by molar-refractivity contribution is 5.76. The van der Waals surface area contributed by atoms with Crippen molar-refractivity contribution in [1.82, 2.24) is 5.32 Å². The summed E-state index contributed by atoms with van der Waals surface area (Å²) in [7, 11) is 0. The summed E-state index contributed by atoms with van der Waals surface area (Å²) in [6, 6.07) is 0. The van der Waals surface area contributed by atoms with Gasteiger partial charge in [0.05, 0.1) is 6.10 Å². The van der Waals surface area contributed by atoms with E-state index in [1.165, 1.54) is 12.8 Å². The maximum atomic E-state index is 10.7. The molecule has 1 aliphatic heterocycles. The van der Waals surface area contributed by atoms with Gasteiger partial charge in [0.1, 0.15) is 0 Å². The summed E-state index contributed by atoms with van der Waals surface area (Å²) >= 11 is 0. The molecule has 1 fully saturated rings. The second-order valence-electron chi connectivity index (χ2n) is 3.95. The summed E-state index contributed by atoms with van der Waals surface area (Å²) in [6.45, 7) is 4.18. The van der Waals surface area contributed by atoms with Gasteiger partial charge in [0.2, 0.25) is 5.91 Å². The number of nitrogens with two attached hydrogens (primary N) is 1. The SMILES string of the molecule is CC(CNCC1CCCCO1)C(N)=O. The van der Waals surface area contributed by atoms with Crippen LogP contribution >= 0.6 is 0 Å². The van der Waals surface area contributed by atoms with Gasteiger partial charge in [0.25, 0.3) is 0 Å². The van der Waals surface area contributed by atoms with Crippen molar-refractivity contribution in [2.24, 2.45) is 11.7 Å². The van der Waals surface area contributed by atoms with Crippen molar-refractivity contribution in [3.63, 3.8) is 0 Å². The van der Waals surface area contributed by atoms with Crippen LogP contribution in [0.3, 0.4) is 0 Å². The van der Waals surface area contributed by atoms with E-state index in [4.69, 9.17) is 10.5 Å². The van der Waals surface area contributed by atoms with Crippen molar-refractivity contribution in [3.05, 3.63) is 0 Å². The van der Waals surface area contributed by atoms with Gasteiger partial charge in [-0.25, -0.2) is 0 Å². The summed E-state index contributed by atoms with van der Waals surface area (Å²) < 4.78 is 5.54. The molecular weight excluding hydrogens is 180 g/mol. The second-order valence-corrected chi connectivity index (χ2v) is 3.95. The molecule has 1 amide bonds. The van der Waals surface area contributed by atoms with Gasteiger partial charge in [-0.3, -0.25) is 4.79 Å². The molecule has 0 saturated carbocycles. The summed E-state index contributed by atoms with van der Waals surface area (Å²) in [5.74, 6) is -0.347. The average molecular weight is 200 g/mol. The lowest BCUT2D eigenvalue weighted by Gasteiger charge is -2.23. The van der Waals surface area contributed by atoms with Gasteiger partial charge in [-0.05, 0) is 19.3 Å². The zero-order valence-corrected chi connectivity index (χ0v) is 8.79. The van der Waals surface area contributed by atoms with E-state index in [2.05, 4.69) is 5.32 Å². The average Bonchev–Trinajstić information content (AvgIpc) is 2.19. The summed E-state index contributed by atoms with van der Waals surface area (Å²) in [6.07, 6.45) is 3.87. The smallest absolute Gasteiger partial charge is 0.221 e. The maximum absolute atomic E-state index is 10.7. The predicted octanol–water partition coefficient (Wildman–Crippen LogP) is 0.267. The van der Waals surface area contributed by atoms with Crippen LogP contribution < -0.4 is 11.1 Å². The zero-order chi connectivity index (χ0) is 10.4. The van der Waals surface area contributed by atoms with Crippen molar-refractivity contribution in [2.75, 3.05) is 19.7 Å². The van der Waals surface area contributed by atoms with E-state index in [0.717, 1.165) is 19.6 Å². The van der Waals surface area contributed by atoms with E-state index in [1.54, 1.807) is 0 Å². The van der Waals surface area contributed by atoms with Gasteiger partial charge in [-0.1, -0.05) is 6.92 Å². The lowest BCUT2D eigenvalue weighted by Crippen LogP contribution is -2.37. The van der Waals surface area contributed by atoms with Gasteiger partial charge in [0, 0.05) is 25.6 Å². The standard InChI is InChI=1S/C10H20N2O2/c1-8(10(11)13)6-12-7-9-4-2-3-5-14-9/h8-9,12H,2-7H2,1H3,(H2,11,13). The molecule has 0 spiro atoms. The summed E-state index contributed by atoms with van der Waals surface area (Å²) in [5.41, 5.74) is 5.15. The first-order valence-corrected chi connectivity index (χ1v) is 5.32. The van der Waals surface area contributed by atoms with Crippen molar-refractivity contribution < 1.29 is 9.53 Å². The Kier molecular flexibility index (Phi) is 4.90. The molecule has 4 nitrogen and oxygen atoms in total. The zero-order valence-electron chi connectivity index (χ0n) is 8.79. The second kappa shape index (κ2) is 5.98. The summed E-state index contributed by atoms with van der Waals surface area (Å²) in [4.78, 5) is 10.7. The molecule has 0 aliphatic carbocycles. The van der Waals surface area contributed by atoms with Crippen molar-refractivity contribution in [1.29, 1.82) is 0 Å². The Balaban J connectivity index is 2.05. The fraction of sp³-hybridized carbons (Fsp3) is 0.900. The molecule has 1 rings (SSSR count). The Morgan fingerprint density at radius 1 is 1.64 bits per heavy atom. The predicted molar refractivity (Wildman–Crippen MR) is 54.8 cm³/mol. The van der Waals surface area contributed by atoms with E-state index in [-0.39, 0.29) is 11.8 Å². The van der Waals surface area contributed by atoms with Gasteiger partial charge in [-0.15, -0.1) is 0 Å². The molecule has 1 saturated heterocycles. The van der Waals surface area contributed by atoms with Crippen molar-refractivity contribution >= 4 is 5.91 Å². The fourth-order valence-electron chi connectivity index (χ4n) is 1.53. The topological polar surface area (TPSA) is 64.3 Å². The van der Waals surface area contributed by atoms with Crippen LogP contribution in [0.25, 0.3) is 0 Å². The van der Waals surface area contributed by atoms with Crippen LogP contribution in [0.4, 0.5) is 0 Å². The van der Waals surface area contributed by atoms with Crippen molar-refractivity contribution in [3.8, 4) is 0 Å². The molecule has 2 atom stereocenters. The summed E-state index contributed by atoms with van der Waals surface area (Å²) in [5, 5.41) is 3.21. The highest BCUT2D eigenvalue weighted by Gasteiger charge is 2.14. The van der Waals surface area contributed by atoms with Crippen LogP contribution in [0.5, 0.6) is 0 Å². The highest BCUT2D eigenvalue weighted by atomic mass is 16.5. The van der Waals surface area contributed by atoms with Crippen LogP contribution in [0.2, 0.25) is 0 Å². The third-order valence-electron chi connectivity index (χ3n) is 2.58. The van der Waals surface area contributed by atoms with E-state index in [0.29, 0.717) is 12.6 Å². The Morgan fingerprint density at radius 2 is 2.43 bits per heavy atom. The molecule has 0 radical (unpaired) electrons. The number of carbonyl (C=O) groups is 1. The molecule has 1 aliphatic rings. The Labute approximate surface area is 85.2 Å². The molecule has 0 bridgehead atoms. The van der Waals surface area contributed by atoms with Crippen LogP contribution in [0, 0.1) is 5.92 Å². The number of hydrogen-bond acceptors (Lipinski definition) is 3. The number of hydrogen-bond donors (Lipinski definition) is 2. The Morgan fingerprint density at radius 3 is 3.00 bits per heavy atom. The first-order chi connectivity index (χ1) is 6.70. The normalized spacial score (nSPS) is 24.5. The first kappa shape index (κ1) is 11.5. The minimum Gasteiger partial charge on any atom is -0.377 e. The van der Waals surface area contributed by atoms with E-state index in [9.17, 15) is 4.79 Å². The van der Waals surface area contributed by atoms with Gasteiger partial charge in [-0.2, -0.15) is 0 Å². The molecule has 14 heavy (non-hydrogen) atoms. The first-order valence-electron chi connectivity index (χ1n) is 5.32. The van der Waals surface area contributed by atoms with Crippen LogP contribution in [-0.2, 0) is 9.53 Å². The third kappa shape index (κ3) is 4.07. The minimum absolute atomic E-state index is 0.0985. The number of amides is 1. The Bertz CT molecular complexity index is 179. The highest BCUT2D eigenvalue weighted by Crippen LogP contribution is 2.11. The fourth-order valence-corrected chi connectivity index (χ4v) is 1.53. The molecule has 0 aromatic rings. The largest absolute Gasteiger partial charge is 0.377 e. The monoisotopic (exact) mass is 200 g/mol. The number of primary amides is 1. The van der Waals surface area contributed by atoms with Crippen LogP contribution in [-0.4, -0.2) is 31.7 Å². The van der Waals surface area contributed by atoms with E-state index in [1.807, 2.05) is 6.92 Å². The quantitative estimate of drug-likeness (QED) is 0.669. The number of nitrogens with one attached hydrogen (secondary N) is 1. The van der Waals surface area contributed by atoms with Crippen molar-refractivity contribution in [2.45, 2.75) is 32.3 Å². The van der Waals surface area contributed by atoms with E-state index < -0.39 is 0 Å². The Hall–Kier alpha value is -0.610. The number of ether oxygens (including phenoxy) is 1. The van der Waals surface area contributed by atoms with Gasteiger partial charge < -0.3 is 15.8 Å². The lowest BCUT2D eigenvalue weighted by atomic mass is 10.1. The number of carbonyl (C=O) groups excluding carboxylic acids is 1.